The predicted molar refractivity (Wildman–Crippen MR) is 52.0 cm³/mol. The Bertz CT molecular complexity index is 244. The molecule has 14 heavy (non-hydrogen) atoms. The second-order valence-corrected chi connectivity index (χ2v) is 2.50. The summed E-state index contributed by atoms with van der Waals surface area (Å²) in [6.45, 7) is -0.250. The highest BCUT2D eigenvalue weighted by Gasteiger charge is 1.96. The number of carbonyl (C=O) groups is 1. The topological polar surface area (TPSA) is 77.8 Å². The van der Waals surface area contributed by atoms with E-state index in [-0.39, 0.29) is 19.6 Å². The number of benzene rings is 1. The molecule has 0 aromatic heterocycles. The number of aliphatic carboxylic acids is 1. The van der Waals surface area contributed by atoms with Crippen LogP contribution in [-0.2, 0) is 11.2 Å². The molecule has 0 aliphatic heterocycles. The molecule has 3 N–H and O–H groups in total. The molecule has 0 fully saturated rings. The number of aliphatic hydroxyl groups excluding tert-OH is 2. The summed E-state index contributed by atoms with van der Waals surface area (Å²) in [5, 5.41) is 23.6. The molecule has 0 aliphatic carbocycles. The van der Waals surface area contributed by atoms with Crippen LogP contribution in [0.2, 0.25) is 0 Å². The highest BCUT2D eigenvalue weighted by atomic mass is 16.4. The molecule has 1 aromatic carbocycles. The first kappa shape index (κ1) is 12.6. The zero-order chi connectivity index (χ0) is 10.8. The molecule has 0 saturated heterocycles. The molecular formula is C10H14O4. The first-order chi connectivity index (χ1) is 6.70. The van der Waals surface area contributed by atoms with Crippen LogP contribution in [0.15, 0.2) is 30.3 Å². The summed E-state index contributed by atoms with van der Waals surface area (Å²) < 4.78 is 0. The van der Waals surface area contributed by atoms with Gasteiger partial charge in [0.05, 0.1) is 19.6 Å². The van der Waals surface area contributed by atoms with Gasteiger partial charge in [-0.2, -0.15) is 0 Å². The van der Waals surface area contributed by atoms with E-state index >= 15 is 0 Å². The van der Waals surface area contributed by atoms with Crippen molar-refractivity contribution in [2.45, 2.75) is 6.42 Å². The molecule has 0 unspecified atom stereocenters. The van der Waals surface area contributed by atoms with Crippen LogP contribution in [0.4, 0.5) is 0 Å². The molecule has 4 nitrogen and oxygen atoms in total. The number of aliphatic hydroxyl groups is 2. The van der Waals surface area contributed by atoms with E-state index in [1.54, 1.807) is 12.1 Å². The van der Waals surface area contributed by atoms with E-state index in [1.807, 2.05) is 18.2 Å². The maximum absolute atomic E-state index is 10.2. The van der Waals surface area contributed by atoms with Crippen molar-refractivity contribution >= 4 is 5.97 Å². The first-order valence-electron chi connectivity index (χ1n) is 4.18. The highest BCUT2D eigenvalue weighted by Crippen LogP contribution is 1.98. The van der Waals surface area contributed by atoms with Crippen molar-refractivity contribution in [2.24, 2.45) is 0 Å². The molecule has 0 atom stereocenters. The fourth-order valence-electron chi connectivity index (χ4n) is 0.770. The molecule has 0 aliphatic rings. The molecule has 0 radical (unpaired) electrons. The summed E-state index contributed by atoms with van der Waals surface area (Å²) in [7, 11) is 0. The van der Waals surface area contributed by atoms with Crippen molar-refractivity contribution in [2.75, 3.05) is 13.2 Å². The number of hydrogen-bond acceptors (Lipinski definition) is 3. The van der Waals surface area contributed by atoms with E-state index in [9.17, 15) is 4.79 Å². The van der Waals surface area contributed by atoms with Crippen molar-refractivity contribution in [1.29, 1.82) is 0 Å². The van der Waals surface area contributed by atoms with Gasteiger partial charge in [0.1, 0.15) is 0 Å². The van der Waals surface area contributed by atoms with Crippen molar-refractivity contribution in [3.05, 3.63) is 35.9 Å². The first-order valence-corrected chi connectivity index (χ1v) is 4.18. The minimum Gasteiger partial charge on any atom is -0.481 e. The zero-order valence-corrected chi connectivity index (χ0v) is 7.76. The Morgan fingerprint density at radius 2 is 1.57 bits per heavy atom. The van der Waals surface area contributed by atoms with Crippen molar-refractivity contribution in [3.8, 4) is 0 Å². The van der Waals surface area contributed by atoms with Crippen LogP contribution in [0.3, 0.4) is 0 Å². The average Bonchev–Trinajstić information content (AvgIpc) is 2.19. The van der Waals surface area contributed by atoms with Gasteiger partial charge in [-0.15, -0.1) is 0 Å². The fraction of sp³-hybridized carbons (Fsp3) is 0.300. The Morgan fingerprint density at radius 3 is 1.93 bits per heavy atom. The van der Waals surface area contributed by atoms with E-state index in [0.29, 0.717) is 0 Å². The van der Waals surface area contributed by atoms with Crippen LogP contribution in [0.25, 0.3) is 0 Å². The van der Waals surface area contributed by atoms with Crippen molar-refractivity contribution in [3.63, 3.8) is 0 Å². The maximum atomic E-state index is 10.2. The quantitative estimate of drug-likeness (QED) is 0.652. The van der Waals surface area contributed by atoms with Crippen LogP contribution in [0.1, 0.15) is 5.56 Å². The molecule has 0 saturated carbocycles. The van der Waals surface area contributed by atoms with Crippen molar-refractivity contribution < 1.29 is 20.1 Å². The van der Waals surface area contributed by atoms with E-state index in [4.69, 9.17) is 15.3 Å². The van der Waals surface area contributed by atoms with E-state index in [0.717, 1.165) is 5.56 Å². The lowest BCUT2D eigenvalue weighted by molar-refractivity contribution is -0.136. The average molecular weight is 198 g/mol. The summed E-state index contributed by atoms with van der Waals surface area (Å²) in [5.41, 5.74) is 0.843. The van der Waals surface area contributed by atoms with Crippen LogP contribution < -0.4 is 0 Å². The van der Waals surface area contributed by atoms with Crippen LogP contribution in [0.5, 0.6) is 0 Å². The van der Waals surface area contributed by atoms with E-state index in [2.05, 4.69) is 0 Å². The normalized spacial score (nSPS) is 8.71. The highest BCUT2D eigenvalue weighted by molar-refractivity contribution is 5.70. The third-order valence-electron chi connectivity index (χ3n) is 1.30. The molecule has 0 heterocycles. The van der Waals surface area contributed by atoms with Crippen LogP contribution in [-0.4, -0.2) is 34.5 Å². The van der Waals surface area contributed by atoms with E-state index in [1.165, 1.54) is 0 Å². The Balaban J connectivity index is 0.000000364. The third kappa shape index (κ3) is 7.27. The van der Waals surface area contributed by atoms with Crippen LogP contribution in [0, 0.1) is 0 Å². The molecule has 1 aromatic rings. The molecular weight excluding hydrogens is 184 g/mol. The second-order valence-electron chi connectivity index (χ2n) is 2.50. The zero-order valence-electron chi connectivity index (χ0n) is 7.76. The summed E-state index contributed by atoms with van der Waals surface area (Å²) in [6.07, 6.45) is 0.112. The number of carboxylic acid groups (broad SMARTS) is 1. The van der Waals surface area contributed by atoms with Gasteiger partial charge in [0, 0.05) is 0 Å². The van der Waals surface area contributed by atoms with Gasteiger partial charge in [0.25, 0.3) is 0 Å². The third-order valence-corrected chi connectivity index (χ3v) is 1.30. The van der Waals surface area contributed by atoms with Crippen molar-refractivity contribution in [1.82, 2.24) is 0 Å². The Hall–Kier alpha value is -1.39. The lowest BCUT2D eigenvalue weighted by Crippen LogP contribution is -1.98. The van der Waals surface area contributed by atoms with Gasteiger partial charge in [0.15, 0.2) is 0 Å². The van der Waals surface area contributed by atoms with Gasteiger partial charge < -0.3 is 15.3 Å². The number of carboxylic acids is 1. The Morgan fingerprint density at radius 1 is 1.07 bits per heavy atom. The lowest BCUT2D eigenvalue weighted by atomic mass is 10.2. The Kier molecular flexibility index (Phi) is 7.40. The number of rotatable bonds is 3. The molecule has 4 heteroatoms. The minimum absolute atomic E-state index is 0.112. The predicted octanol–water partition coefficient (Wildman–Crippen LogP) is 0.285. The molecule has 1 rings (SSSR count). The van der Waals surface area contributed by atoms with E-state index < -0.39 is 5.97 Å². The maximum Gasteiger partial charge on any atom is 0.307 e. The molecule has 0 amide bonds. The fourth-order valence-corrected chi connectivity index (χ4v) is 0.770. The summed E-state index contributed by atoms with van der Waals surface area (Å²) in [5.74, 6) is -0.786. The van der Waals surface area contributed by atoms with Gasteiger partial charge in [-0.1, -0.05) is 30.3 Å². The van der Waals surface area contributed by atoms with Gasteiger partial charge in [-0.3, -0.25) is 4.79 Å². The van der Waals surface area contributed by atoms with Gasteiger partial charge >= 0.3 is 5.97 Å². The Labute approximate surface area is 82.4 Å². The monoisotopic (exact) mass is 198 g/mol. The summed E-state index contributed by atoms with van der Waals surface area (Å²) >= 11 is 0. The van der Waals surface area contributed by atoms with Gasteiger partial charge in [0.2, 0.25) is 0 Å². The van der Waals surface area contributed by atoms with Crippen LogP contribution >= 0.6 is 0 Å². The molecule has 0 bridgehead atoms. The van der Waals surface area contributed by atoms with Gasteiger partial charge in [-0.25, -0.2) is 0 Å². The summed E-state index contributed by atoms with van der Waals surface area (Å²) in [4.78, 5) is 10.2. The summed E-state index contributed by atoms with van der Waals surface area (Å²) in [6, 6.07) is 9.13. The lowest BCUT2D eigenvalue weighted by Gasteiger charge is -1.92. The SMILES string of the molecule is O=C(O)Cc1ccccc1.OCCO. The smallest absolute Gasteiger partial charge is 0.307 e. The number of hydrogen-bond donors (Lipinski definition) is 3. The standard InChI is InChI=1S/C8H8O2.C2H6O2/c9-8(10)6-7-4-2-1-3-5-7;3-1-2-4/h1-5H,6H2,(H,9,10);3-4H,1-2H2. The minimum atomic E-state index is -0.786. The molecule has 78 valence electrons. The second kappa shape index (κ2) is 8.22. The van der Waals surface area contributed by atoms with Gasteiger partial charge in [-0.05, 0) is 5.56 Å². The largest absolute Gasteiger partial charge is 0.481 e. The molecule has 0 spiro atoms.